The molecule has 1 aliphatic rings. The van der Waals surface area contributed by atoms with Gasteiger partial charge in [-0.05, 0) is 37.8 Å². The van der Waals surface area contributed by atoms with Gasteiger partial charge in [0.25, 0.3) is 17.4 Å². The maximum Gasteiger partial charge on any atom is 0.434 e. The zero-order chi connectivity index (χ0) is 22.7. The molecule has 1 fully saturated rings. The van der Waals surface area contributed by atoms with Crippen molar-refractivity contribution in [1.82, 2.24) is 4.90 Å². The van der Waals surface area contributed by atoms with Gasteiger partial charge in [-0.25, -0.2) is 9.00 Å². The van der Waals surface area contributed by atoms with Crippen molar-refractivity contribution in [3.8, 4) is 0 Å². The Kier molecular flexibility index (Phi) is 7.61. The third-order valence-electron chi connectivity index (χ3n) is 4.62. The topological polar surface area (TPSA) is 70.1 Å². The van der Waals surface area contributed by atoms with Crippen molar-refractivity contribution >= 4 is 23.0 Å². The number of carbonyl (C=O) groups is 1. The maximum absolute atomic E-state index is 12.5. The summed E-state index contributed by atoms with van der Waals surface area (Å²) in [5.74, 6) is -0.201. The lowest BCUT2D eigenvalue weighted by molar-refractivity contribution is -0.308. The van der Waals surface area contributed by atoms with Crippen LogP contribution < -0.4 is 4.31 Å². The van der Waals surface area contributed by atoms with E-state index >= 15 is 0 Å². The van der Waals surface area contributed by atoms with Crippen molar-refractivity contribution in [3.05, 3.63) is 29.8 Å². The van der Waals surface area contributed by atoms with Crippen LogP contribution >= 0.6 is 0 Å². The van der Waals surface area contributed by atoms with Gasteiger partial charge in [0, 0.05) is 19.6 Å². The standard InChI is InChI=1S/C17H20F6N2O4S/c1-11-2-4-13(5-3-11)25(30(27)28)10-12-6-8-24(9-7-12)15(26)29-14(16(18,19)20)17(21,22)23/h2-5,12,14H,6-10H2,1H3,(H,27,28). The number of benzene rings is 1. The Bertz CT molecular complexity index is 734. The van der Waals surface area contributed by atoms with Gasteiger partial charge in [0.2, 0.25) is 0 Å². The van der Waals surface area contributed by atoms with Crippen molar-refractivity contribution in [1.29, 1.82) is 0 Å². The predicted molar refractivity (Wildman–Crippen MR) is 96.0 cm³/mol. The Morgan fingerprint density at radius 3 is 2.10 bits per heavy atom. The molecular weight excluding hydrogens is 442 g/mol. The lowest BCUT2D eigenvalue weighted by atomic mass is 9.97. The Balaban J connectivity index is 1.95. The van der Waals surface area contributed by atoms with Crippen molar-refractivity contribution in [2.45, 2.75) is 38.2 Å². The van der Waals surface area contributed by atoms with E-state index in [0.29, 0.717) is 5.69 Å². The first-order chi connectivity index (χ1) is 13.8. The minimum atomic E-state index is -5.77. The lowest BCUT2D eigenvalue weighted by Gasteiger charge is -2.34. The first-order valence-corrected chi connectivity index (χ1v) is 9.89. The molecule has 0 spiro atoms. The fraction of sp³-hybridized carbons (Fsp3) is 0.588. The van der Waals surface area contributed by atoms with Gasteiger partial charge in [-0.15, -0.1) is 0 Å². The number of alkyl halides is 6. The quantitative estimate of drug-likeness (QED) is 0.524. The lowest BCUT2D eigenvalue weighted by Crippen LogP contribution is -2.49. The zero-order valence-corrected chi connectivity index (χ0v) is 16.6. The largest absolute Gasteiger partial charge is 0.434 e. The van der Waals surface area contributed by atoms with Crippen LogP contribution in [0.4, 0.5) is 36.8 Å². The van der Waals surface area contributed by atoms with Crippen molar-refractivity contribution in [2.24, 2.45) is 5.92 Å². The summed E-state index contributed by atoms with van der Waals surface area (Å²) in [5, 5.41) is 0. The highest BCUT2D eigenvalue weighted by Gasteiger charge is 2.60. The Morgan fingerprint density at radius 1 is 1.17 bits per heavy atom. The van der Waals surface area contributed by atoms with Crippen LogP contribution in [0.2, 0.25) is 0 Å². The second kappa shape index (κ2) is 9.41. The van der Waals surface area contributed by atoms with E-state index in [9.17, 15) is 39.9 Å². The van der Waals surface area contributed by atoms with Crippen LogP contribution in [0.25, 0.3) is 0 Å². The van der Waals surface area contributed by atoms with E-state index in [1.54, 1.807) is 24.3 Å². The molecule has 1 unspecified atom stereocenters. The predicted octanol–water partition coefficient (Wildman–Crippen LogP) is 4.28. The van der Waals surface area contributed by atoms with Crippen LogP contribution in [-0.4, -0.2) is 57.8 Å². The van der Waals surface area contributed by atoms with Gasteiger partial charge in [0.15, 0.2) is 0 Å². The molecule has 0 aliphatic carbocycles. The molecule has 170 valence electrons. The van der Waals surface area contributed by atoms with E-state index in [-0.39, 0.29) is 38.4 Å². The van der Waals surface area contributed by atoms with E-state index in [0.717, 1.165) is 10.5 Å². The second-order valence-corrected chi connectivity index (χ2v) is 7.81. The van der Waals surface area contributed by atoms with Crippen molar-refractivity contribution < 1.29 is 44.6 Å². The van der Waals surface area contributed by atoms with Crippen molar-refractivity contribution in [2.75, 3.05) is 23.9 Å². The van der Waals surface area contributed by atoms with Gasteiger partial charge >= 0.3 is 18.4 Å². The number of likely N-dealkylation sites (tertiary alicyclic amines) is 1. The first-order valence-electron chi connectivity index (χ1n) is 8.83. The number of ether oxygens (including phenoxy) is 1. The molecule has 0 saturated carbocycles. The summed E-state index contributed by atoms with van der Waals surface area (Å²) < 4.78 is 101. The molecule has 30 heavy (non-hydrogen) atoms. The average Bonchev–Trinajstić information content (AvgIpc) is 2.63. The van der Waals surface area contributed by atoms with Gasteiger partial charge < -0.3 is 9.64 Å². The van der Waals surface area contributed by atoms with E-state index in [2.05, 4.69) is 4.74 Å². The third kappa shape index (κ3) is 6.49. The molecule has 1 aliphatic heterocycles. The molecule has 6 nitrogen and oxygen atoms in total. The summed E-state index contributed by atoms with van der Waals surface area (Å²) in [4.78, 5) is 12.6. The highest BCUT2D eigenvalue weighted by atomic mass is 32.2. The summed E-state index contributed by atoms with van der Waals surface area (Å²) in [7, 11) is 0. The summed E-state index contributed by atoms with van der Waals surface area (Å²) >= 11 is -2.33. The number of halogens is 6. The fourth-order valence-electron chi connectivity index (χ4n) is 3.00. The molecule has 1 N–H and O–H groups in total. The maximum atomic E-state index is 12.5. The number of nitrogens with zero attached hydrogens (tertiary/aromatic N) is 2. The van der Waals surface area contributed by atoms with Gasteiger partial charge in [0.1, 0.15) is 0 Å². The molecule has 2 rings (SSSR count). The molecule has 1 heterocycles. The van der Waals surface area contributed by atoms with Gasteiger partial charge in [-0.1, -0.05) is 17.7 Å². The number of amides is 1. The summed E-state index contributed by atoms with van der Waals surface area (Å²) in [6.07, 6.45) is -17.0. The number of anilines is 1. The number of aryl methyl sites for hydroxylation is 1. The monoisotopic (exact) mass is 462 g/mol. The minimum absolute atomic E-state index is 0.128. The number of rotatable bonds is 5. The van der Waals surface area contributed by atoms with E-state index in [1.807, 2.05) is 6.92 Å². The zero-order valence-electron chi connectivity index (χ0n) is 15.7. The molecule has 1 atom stereocenters. The Hall–Kier alpha value is -2.02. The highest BCUT2D eigenvalue weighted by Crippen LogP contribution is 2.36. The SMILES string of the molecule is Cc1ccc(N(CC2CCN(C(=O)OC(C(F)(F)F)C(F)(F)F)CC2)S(=O)O)cc1. The van der Waals surface area contributed by atoms with Crippen LogP contribution in [0.5, 0.6) is 0 Å². The molecule has 0 radical (unpaired) electrons. The van der Waals surface area contributed by atoms with E-state index < -0.39 is 35.8 Å². The molecule has 0 bridgehead atoms. The third-order valence-corrected chi connectivity index (χ3v) is 5.36. The first kappa shape index (κ1) is 24.3. The summed E-state index contributed by atoms with van der Waals surface area (Å²) in [5.41, 5.74) is 1.44. The van der Waals surface area contributed by atoms with Crippen molar-refractivity contribution in [3.63, 3.8) is 0 Å². The number of piperidine rings is 1. The van der Waals surface area contributed by atoms with Crippen LogP contribution in [0, 0.1) is 12.8 Å². The normalized spacial score (nSPS) is 17.2. The highest BCUT2D eigenvalue weighted by molar-refractivity contribution is 7.80. The van der Waals surface area contributed by atoms with Crippen LogP contribution in [0.1, 0.15) is 18.4 Å². The molecule has 1 saturated heterocycles. The number of hydrogen-bond acceptors (Lipinski definition) is 3. The molecule has 1 aromatic rings. The average molecular weight is 462 g/mol. The Morgan fingerprint density at radius 2 is 1.67 bits per heavy atom. The molecular formula is C17H20F6N2O4S. The van der Waals surface area contributed by atoms with E-state index in [1.165, 1.54) is 4.31 Å². The number of hydrogen-bond donors (Lipinski definition) is 1. The summed E-state index contributed by atoms with van der Waals surface area (Å²) in [6, 6.07) is 6.83. The Labute approximate surface area is 171 Å². The molecule has 1 amide bonds. The molecule has 1 aromatic carbocycles. The number of carbonyl (C=O) groups excluding carboxylic acids is 1. The minimum Gasteiger partial charge on any atom is -0.426 e. The van der Waals surface area contributed by atoms with Gasteiger partial charge in [-0.3, -0.25) is 8.86 Å². The van der Waals surface area contributed by atoms with Crippen LogP contribution in [0.15, 0.2) is 24.3 Å². The summed E-state index contributed by atoms with van der Waals surface area (Å²) in [6.45, 7) is 1.71. The van der Waals surface area contributed by atoms with Gasteiger partial charge in [-0.2, -0.15) is 26.3 Å². The smallest absolute Gasteiger partial charge is 0.426 e. The van der Waals surface area contributed by atoms with Gasteiger partial charge in [0.05, 0.1) is 5.69 Å². The fourth-order valence-corrected chi connectivity index (χ4v) is 3.64. The second-order valence-electron chi connectivity index (χ2n) is 6.90. The van der Waals surface area contributed by atoms with E-state index in [4.69, 9.17) is 0 Å². The van der Waals surface area contributed by atoms with Crippen LogP contribution in [0.3, 0.4) is 0 Å². The molecule has 0 aromatic heterocycles. The molecule has 13 heteroatoms. The van der Waals surface area contributed by atoms with Crippen LogP contribution in [-0.2, 0) is 16.0 Å².